The van der Waals surface area contributed by atoms with Gasteiger partial charge in [0.25, 0.3) is 0 Å². The van der Waals surface area contributed by atoms with Gasteiger partial charge in [-0.05, 0) is 18.4 Å². The van der Waals surface area contributed by atoms with Gasteiger partial charge >= 0.3 is 6.08 Å². The SMILES string of the molecule is CSc1ccc(C(F)=C(F)F)cc1. The zero-order valence-electron chi connectivity index (χ0n) is 6.85. The molecule has 1 aromatic carbocycles. The third-order valence-corrected chi connectivity index (χ3v) is 2.25. The molecule has 0 saturated carbocycles. The fraction of sp³-hybridized carbons (Fsp3) is 0.111. The maximum atomic E-state index is 12.6. The first-order valence-electron chi connectivity index (χ1n) is 3.50. The highest BCUT2D eigenvalue weighted by Crippen LogP contribution is 2.24. The molecule has 4 heteroatoms. The average Bonchev–Trinajstić information content (AvgIpc) is 2.17. The molecule has 0 nitrogen and oxygen atoms in total. The maximum Gasteiger partial charge on any atom is 0.306 e. The van der Waals surface area contributed by atoms with Crippen LogP contribution in [-0.4, -0.2) is 6.26 Å². The van der Waals surface area contributed by atoms with Crippen LogP contribution in [0, 0.1) is 0 Å². The number of halogens is 3. The fourth-order valence-corrected chi connectivity index (χ4v) is 1.25. The highest BCUT2D eigenvalue weighted by Gasteiger charge is 2.07. The zero-order valence-corrected chi connectivity index (χ0v) is 7.67. The van der Waals surface area contributed by atoms with Gasteiger partial charge in [-0.3, -0.25) is 0 Å². The van der Waals surface area contributed by atoms with Crippen LogP contribution in [-0.2, 0) is 0 Å². The van der Waals surface area contributed by atoms with Crippen molar-refractivity contribution in [3.63, 3.8) is 0 Å². The molecular formula is C9H7F3S. The molecule has 1 rings (SSSR count). The Morgan fingerprint density at radius 1 is 1.08 bits per heavy atom. The van der Waals surface area contributed by atoms with Crippen LogP contribution in [0.4, 0.5) is 13.2 Å². The van der Waals surface area contributed by atoms with Crippen LogP contribution in [0.15, 0.2) is 35.2 Å². The quantitative estimate of drug-likeness (QED) is 0.657. The molecule has 0 aliphatic heterocycles. The normalized spacial score (nSPS) is 9.85. The minimum atomic E-state index is -2.28. The van der Waals surface area contributed by atoms with E-state index >= 15 is 0 Å². The van der Waals surface area contributed by atoms with Gasteiger partial charge in [-0.2, -0.15) is 8.78 Å². The molecule has 0 heterocycles. The van der Waals surface area contributed by atoms with Gasteiger partial charge in [-0.1, -0.05) is 12.1 Å². The monoisotopic (exact) mass is 204 g/mol. The van der Waals surface area contributed by atoms with Crippen LogP contribution in [0.2, 0.25) is 0 Å². The summed E-state index contributed by atoms with van der Waals surface area (Å²) in [5.74, 6) is -1.45. The molecular weight excluding hydrogens is 197 g/mol. The second-order valence-electron chi connectivity index (χ2n) is 2.30. The Kier molecular flexibility index (Phi) is 3.42. The van der Waals surface area contributed by atoms with E-state index in [2.05, 4.69) is 0 Å². The Labute approximate surface area is 78.5 Å². The van der Waals surface area contributed by atoms with Gasteiger partial charge in [0.2, 0.25) is 0 Å². The van der Waals surface area contributed by atoms with Gasteiger partial charge in [0.1, 0.15) is 0 Å². The van der Waals surface area contributed by atoms with Crippen molar-refractivity contribution in [3.05, 3.63) is 35.9 Å². The molecule has 0 aliphatic carbocycles. The van der Waals surface area contributed by atoms with Crippen LogP contribution >= 0.6 is 11.8 Å². The summed E-state index contributed by atoms with van der Waals surface area (Å²) in [4.78, 5) is 0.913. The molecule has 0 fully saturated rings. The van der Waals surface area contributed by atoms with E-state index in [9.17, 15) is 13.2 Å². The molecule has 0 aliphatic rings. The summed E-state index contributed by atoms with van der Waals surface area (Å²) >= 11 is 1.47. The standard InChI is InChI=1S/C9H7F3S/c1-13-7-4-2-6(3-5-7)8(10)9(11)12/h2-5H,1H3. The number of rotatable bonds is 2. The van der Waals surface area contributed by atoms with Crippen LogP contribution < -0.4 is 0 Å². The van der Waals surface area contributed by atoms with Crippen molar-refractivity contribution in [3.8, 4) is 0 Å². The van der Waals surface area contributed by atoms with Crippen LogP contribution in [0.3, 0.4) is 0 Å². The first kappa shape index (κ1) is 10.2. The van der Waals surface area contributed by atoms with Crippen molar-refractivity contribution in [1.29, 1.82) is 0 Å². The Morgan fingerprint density at radius 3 is 2.00 bits per heavy atom. The third kappa shape index (κ3) is 2.52. The fourth-order valence-electron chi connectivity index (χ4n) is 0.846. The van der Waals surface area contributed by atoms with E-state index < -0.39 is 11.9 Å². The molecule has 70 valence electrons. The van der Waals surface area contributed by atoms with Crippen molar-refractivity contribution < 1.29 is 13.2 Å². The number of thioether (sulfide) groups is 1. The van der Waals surface area contributed by atoms with Gasteiger partial charge in [-0.15, -0.1) is 11.8 Å². The second-order valence-corrected chi connectivity index (χ2v) is 3.18. The lowest BCUT2D eigenvalue weighted by molar-refractivity contribution is 0.410. The Bertz CT molecular complexity index is 312. The van der Waals surface area contributed by atoms with E-state index in [4.69, 9.17) is 0 Å². The van der Waals surface area contributed by atoms with Crippen LogP contribution in [0.5, 0.6) is 0 Å². The molecule has 0 unspecified atom stereocenters. The summed E-state index contributed by atoms with van der Waals surface area (Å²) in [6.45, 7) is 0. The molecule has 0 aromatic heterocycles. The molecule has 0 spiro atoms. The first-order chi connectivity index (χ1) is 6.15. The summed E-state index contributed by atoms with van der Waals surface area (Å²) in [6, 6.07) is 5.87. The Balaban J connectivity index is 2.99. The minimum absolute atomic E-state index is 0.0854. The van der Waals surface area contributed by atoms with Crippen molar-refractivity contribution in [2.24, 2.45) is 0 Å². The minimum Gasteiger partial charge on any atom is -0.200 e. The molecule has 0 saturated heterocycles. The van der Waals surface area contributed by atoms with Crippen LogP contribution in [0.25, 0.3) is 5.83 Å². The summed E-state index contributed by atoms with van der Waals surface area (Å²) in [6.07, 6.45) is -0.423. The van der Waals surface area contributed by atoms with Crippen molar-refractivity contribution in [2.75, 3.05) is 6.26 Å². The van der Waals surface area contributed by atoms with Crippen LogP contribution in [0.1, 0.15) is 5.56 Å². The summed E-state index contributed by atoms with van der Waals surface area (Å²) in [7, 11) is 0. The van der Waals surface area contributed by atoms with E-state index in [1.165, 1.54) is 23.9 Å². The summed E-state index contributed by atoms with van der Waals surface area (Å²) < 4.78 is 36.2. The predicted octanol–water partition coefficient (Wildman–Crippen LogP) is 3.94. The smallest absolute Gasteiger partial charge is 0.200 e. The molecule has 0 bridgehead atoms. The van der Waals surface area contributed by atoms with Crippen molar-refractivity contribution in [2.45, 2.75) is 4.90 Å². The zero-order chi connectivity index (χ0) is 9.84. The van der Waals surface area contributed by atoms with Gasteiger partial charge in [0, 0.05) is 10.5 Å². The second kappa shape index (κ2) is 4.37. The largest absolute Gasteiger partial charge is 0.306 e. The molecule has 1 aromatic rings. The highest BCUT2D eigenvalue weighted by atomic mass is 32.2. The van der Waals surface area contributed by atoms with E-state index in [0.29, 0.717) is 0 Å². The summed E-state index contributed by atoms with van der Waals surface area (Å²) in [5.41, 5.74) is -0.0854. The number of hydrogen-bond donors (Lipinski definition) is 0. The predicted molar refractivity (Wildman–Crippen MR) is 48.5 cm³/mol. The molecule has 13 heavy (non-hydrogen) atoms. The first-order valence-corrected chi connectivity index (χ1v) is 4.73. The highest BCUT2D eigenvalue weighted by molar-refractivity contribution is 7.98. The molecule has 0 N–H and O–H groups in total. The van der Waals surface area contributed by atoms with Crippen molar-refractivity contribution >= 4 is 17.6 Å². The van der Waals surface area contributed by atoms with Gasteiger partial charge < -0.3 is 0 Å². The van der Waals surface area contributed by atoms with Crippen molar-refractivity contribution in [1.82, 2.24) is 0 Å². The lowest BCUT2D eigenvalue weighted by atomic mass is 10.2. The number of benzene rings is 1. The Morgan fingerprint density at radius 2 is 1.62 bits per heavy atom. The lowest BCUT2D eigenvalue weighted by Crippen LogP contribution is -1.79. The van der Waals surface area contributed by atoms with Gasteiger partial charge in [0.15, 0.2) is 5.83 Å². The summed E-state index contributed by atoms with van der Waals surface area (Å²) in [5, 5.41) is 0. The lowest BCUT2D eigenvalue weighted by Gasteiger charge is -1.98. The molecule has 0 amide bonds. The Hall–Kier alpha value is -0.900. The van der Waals surface area contributed by atoms with Gasteiger partial charge in [-0.25, -0.2) is 4.39 Å². The van der Waals surface area contributed by atoms with E-state index in [1.807, 2.05) is 6.26 Å². The number of hydrogen-bond acceptors (Lipinski definition) is 1. The van der Waals surface area contributed by atoms with E-state index in [1.54, 1.807) is 12.1 Å². The molecule has 0 radical (unpaired) electrons. The average molecular weight is 204 g/mol. The van der Waals surface area contributed by atoms with Gasteiger partial charge in [0.05, 0.1) is 0 Å². The third-order valence-electron chi connectivity index (χ3n) is 1.51. The van der Waals surface area contributed by atoms with E-state index in [0.717, 1.165) is 4.90 Å². The molecule has 0 atom stereocenters. The van der Waals surface area contributed by atoms with E-state index in [-0.39, 0.29) is 5.56 Å². The maximum absolute atomic E-state index is 12.6. The topological polar surface area (TPSA) is 0 Å².